The molecule has 2 aromatic carbocycles. The van der Waals surface area contributed by atoms with Crippen LogP contribution in [0.15, 0.2) is 42.5 Å². The normalized spacial score (nSPS) is 11.7. The number of esters is 1. The van der Waals surface area contributed by atoms with Crippen molar-refractivity contribution in [3.8, 4) is 0 Å². The summed E-state index contributed by atoms with van der Waals surface area (Å²) in [6.45, 7) is 1.97. The molecule has 144 valence electrons. The van der Waals surface area contributed by atoms with Crippen LogP contribution in [0, 0.1) is 0 Å². The highest BCUT2D eigenvalue weighted by atomic mass is 35.5. The van der Waals surface area contributed by atoms with Crippen LogP contribution in [-0.4, -0.2) is 36.5 Å². The average molecular weight is 429 g/mol. The van der Waals surface area contributed by atoms with Crippen molar-refractivity contribution in [3.05, 3.63) is 68.7 Å². The Labute approximate surface area is 174 Å². The molecule has 0 radical (unpaired) electrons. The third-order valence-electron chi connectivity index (χ3n) is 4.10. The van der Waals surface area contributed by atoms with E-state index in [0.717, 1.165) is 11.1 Å². The number of amides is 1. The number of carbonyl (C=O) groups is 2. The Morgan fingerprint density at radius 3 is 2.22 bits per heavy atom. The van der Waals surface area contributed by atoms with Gasteiger partial charge in [0.25, 0.3) is 0 Å². The van der Waals surface area contributed by atoms with Gasteiger partial charge in [0.2, 0.25) is 5.91 Å². The maximum atomic E-state index is 12.7. The molecule has 0 bridgehead atoms. The Balaban J connectivity index is 2.16. The number of likely N-dealkylation sites (N-methyl/N-ethyl adjacent to an activating group) is 1. The van der Waals surface area contributed by atoms with Gasteiger partial charge in [-0.3, -0.25) is 4.79 Å². The van der Waals surface area contributed by atoms with E-state index < -0.39 is 12.0 Å². The first kappa shape index (κ1) is 21.5. The number of hydrogen-bond donors (Lipinski definition) is 0. The quantitative estimate of drug-likeness (QED) is 0.594. The molecule has 7 heteroatoms. The predicted molar refractivity (Wildman–Crippen MR) is 109 cm³/mol. The zero-order valence-corrected chi connectivity index (χ0v) is 17.3. The summed E-state index contributed by atoms with van der Waals surface area (Å²) >= 11 is 17.8. The van der Waals surface area contributed by atoms with Gasteiger partial charge in [0.15, 0.2) is 0 Å². The minimum Gasteiger partial charge on any atom is -0.464 e. The van der Waals surface area contributed by atoms with E-state index in [1.54, 1.807) is 44.3 Å². The third-order valence-corrected chi connectivity index (χ3v) is 5.09. The number of hydrogen-bond acceptors (Lipinski definition) is 3. The Hall–Kier alpha value is -1.75. The summed E-state index contributed by atoms with van der Waals surface area (Å²) < 4.78 is 5.16. The lowest BCUT2D eigenvalue weighted by Gasteiger charge is -2.27. The van der Waals surface area contributed by atoms with Crippen LogP contribution >= 0.6 is 34.8 Å². The largest absolute Gasteiger partial charge is 0.464 e. The summed E-state index contributed by atoms with van der Waals surface area (Å²) in [5.74, 6) is -0.669. The molecule has 0 N–H and O–H groups in total. The first-order valence-corrected chi connectivity index (χ1v) is 9.55. The van der Waals surface area contributed by atoms with Crippen molar-refractivity contribution in [2.75, 3.05) is 13.7 Å². The van der Waals surface area contributed by atoms with Gasteiger partial charge in [-0.25, -0.2) is 4.79 Å². The van der Waals surface area contributed by atoms with E-state index in [1.165, 1.54) is 4.90 Å². The van der Waals surface area contributed by atoms with Gasteiger partial charge in [0, 0.05) is 18.5 Å². The molecule has 0 spiro atoms. The fourth-order valence-electron chi connectivity index (χ4n) is 2.58. The smallest absolute Gasteiger partial charge is 0.329 e. The van der Waals surface area contributed by atoms with E-state index >= 15 is 0 Å². The van der Waals surface area contributed by atoms with E-state index in [1.807, 2.05) is 12.1 Å². The minimum absolute atomic E-state index is 0.101. The highest BCUT2D eigenvalue weighted by Gasteiger charge is 2.28. The molecule has 2 aromatic rings. The molecule has 0 aliphatic carbocycles. The second-order valence-corrected chi connectivity index (χ2v) is 7.28. The third kappa shape index (κ3) is 6.13. The molecule has 0 heterocycles. The lowest BCUT2D eigenvalue weighted by Crippen LogP contribution is -2.45. The first-order valence-electron chi connectivity index (χ1n) is 8.42. The van der Waals surface area contributed by atoms with Crippen molar-refractivity contribution in [3.63, 3.8) is 0 Å². The summed E-state index contributed by atoms with van der Waals surface area (Å²) in [6, 6.07) is 11.4. The minimum atomic E-state index is -0.735. The van der Waals surface area contributed by atoms with Crippen LogP contribution in [0.2, 0.25) is 15.1 Å². The van der Waals surface area contributed by atoms with E-state index in [0.29, 0.717) is 21.5 Å². The average Bonchev–Trinajstić information content (AvgIpc) is 2.64. The standard InChI is InChI=1S/C20H20Cl3NO3/c1-3-27-20(26)18(11-13-4-7-15(21)8-5-13)24(2)19(25)12-14-6-9-16(22)17(23)10-14/h4-10,18H,3,11-12H2,1-2H3. The van der Waals surface area contributed by atoms with E-state index in [4.69, 9.17) is 39.5 Å². The van der Waals surface area contributed by atoms with E-state index in [-0.39, 0.29) is 18.9 Å². The number of halogens is 3. The molecule has 1 amide bonds. The zero-order chi connectivity index (χ0) is 20.0. The van der Waals surface area contributed by atoms with Crippen LogP contribution in [0.25, 0.3) is 0 Å². The fourth-order valence-corrected chi connectivity index (χ4v) is 3.03. The second kappa shape index (κ2) is 9.98. The molecule has 0 aromatic heterocycles. The first-order chi connectivity index (χ1) is 12.8. The van der Waals surface area contributed by atoms with Crippen LogP contribution in [0.4, 0.5) is 0 Å². The summed E-state index contributed by atoms with van der Waals surface area (Å²) in [5, 5.41) is 1.41. The fraction of sp³-hybridized carbons (Fsp3) is 0.300. The number of rotatable bonds is 7. The molecule has 1 atom stereocenters. The summed E-state index contributed by atoms with van der Waals surface area (Å²) in [5.41, 5.74) is 1.60. The molecule has 0 fully saturated rings. The van der Waals surface area contributed by atoms with Crippen LogP contribution < -0.4 is 0 Å². The van der Waals surface area contributed by atoms with Gasteiger partial charge in [0.05, 0.1) is 23.1 Å². The monoisotopic (exact) mass is 427 g/mol. The van der Waals surface area contributed by atoms with E-state index in [9.17, 15) is 9.59 Å². The second-order valence-electron chi connectivity index (χ2n) is 6.03. The number of benzene rings is 2. The topological polar surface area (TPSA) is 46.6 Å². The molecular formula is C20H20Cl3NO3. The maximum absolute atomic E-state index is 12.7. The molecular weight excluding hydrogens is 409 g/mol. The van der Waals surface area contributed by atoms with Crippen molar-refractivity contribution < 1.29 is 14.3 Å². The lowest BCUT2D eigenvalue weighted by molar-refractivity contribution is -0.153. The molecule has 2 rings (SSSR count). The van der Waals surface area contributed by atoms with E-state index in [2.05, 4.69) is 0 Å². The van der Waals surface area contributed by atoms with Crippen molar-refractivity contribution in [2.24, 2.45) is 0 Å². The van der Waals surface area contributed by atoms with Crippen LogP contribution in [-0.2, 0) is 27.2 Å². The van der Waals surface area contributed by atoms with Crippen LogP contribution in [0.3, 0.4) is 0 Å². The Kier molecular flexibility index (Phi) is 7.96. The van der Waals surface area contributed by atoms with Gasteiger partial charge in [0.1, 0.15) is 6.04 Å². The molecule has 0 aliphatic rings. The van der Waals surface area contributed by atoms with Gasteiger partial charge >= 0.3 is 5.97 Å². The summed E-state index contributed by atoms with van der Waals surface area (Å²) in [7, 11) is 1.59. The molecule has 4 nitrogen and oxygen atoms in total. The summed E-state index contributed by atoms with van der Waals surface area (Å²) in [4.78, 5) is 26.6. The Morgan fingerprint density at radius 2 is 1.63 bits per heavy atom. The number of nitrogens with zero attached hydrogens (tertiary/aromatic N) is 1. The van der Waals surface area contributed by atoms with Crippen molar-refractivity contribution in [1.82, 2.24) is 4.90 Å². The highest BCUT2D eigenvalue weighted by molar-refractivity contribution is 6.42. The number of carbonyl (C=O) groups excluding carboxylic acids is 2. The molecule has 27 heavy (non-hydrogen) atoms. The zero-order valence-electron chi connectivity index (χ0n) is 15.0. The molecule has 1 unspecified atom stereocenters. The maximum Gasteiger partial charge on any atom is 0.329 e. The van der Waals surface area contributed by atoms with Crippen molar-refractivity contribution >= 4 is 46.7 Å². The number of ether oxygens (including phenoxy) is 1. The van der Waals surface area contributed by atoms with Crippen LogP contribution in [0.5, 0.6) is 0 Å². The molecule has 0 aliphatic heterocycles. The van der Waals surface area contributed by atoms with Gasteiger partial charge in [-0.1, -0.05) is 53.0 Å². The van der Waals surface area contributed by atoms with Gasteiger partial charge in [-0.15, -0.1) is 0 Å². The highest BCUT2D eigenvalue weighted by Crippen LogP contribution is 2.23. The van der Waals surface area contributed by atoms with Crippen molar-refractivity contribution in [2.45, 2.75) is 25.8 Å². The van der Waals surface area contributed by atoms with Crippen LogP contribution in [0.1, 0.15) is 18.1 Å². The van der Waals surface area contributed by atoms with Gasteiger partial charge in [-0.2, -0.15) is 0 Å². The molecule has 0 saturated carbocycles. The molecule has 0 saturated heterocycles. The van der Waals surface area contributed by atoms with Crippen molar-refractivity contribution in [1.29, 1.82) is 0 Å². The van der Waals surface area contributed by atoms with Gasteiger partial charge < -0.3 is 9.64 Å². The Bertz CT molecular complexity index is 809. The predicted octanol–water partition coefficient (Wildman–Crippen LogP) is 4.82. The summed E-state index contributed by atoms with van der Waals surface area (Å²) in [6.07, 6.45) is 0.434. The van der Waals surface area contributed by atoms with Gasteiger partial charge in [-0.05, 0) is 42.3 Å². The Morgan fingerprint density at radius 1 is 1.00 bits per heavy atom. The lowest BCUT2D eigenvalue weighted by atomic mass is 10.0. The SMILES string of the molecule is CCOC(=O)C(Cc1ccc(Cl)cc1)N(C)C(=O)Cc1ccc(Cl)c(Cl)c1.